The van der Waals surface area contributed by atoms with Crippen LogP contribution in [0.15, 0.2) is 30.3 Å². The van der Waals surface area contributed by atoms with Crippen LogP contribution in [0.4, 0.5) is 8.78 Å². The van der Waals surface area contributed by atoms with Crippen LogP contribution < -0.4 is 0 Å². The van der Waals surface area contributed by atoms with E-state index in [2.05, 4.69) is 0 Å². The fourth-order valence-electron chi connectivity index (χ4n) is 1.31. The van der Waals surface area contributed by atoms with Crippen LogP contribution in [-0.4, -0.2) is 19.1 Å². The molecule has 1 nitrogen and oxygen atoms in total. The average molecular weight is 198 g/mol. The van der Waals surface area contributed by atoms with E-state index in [1.165, 1.54) is 0 Å². The third-order valence-corrected chi connectivity index (χ3v) is 2.09. The van der Waals surface area contributed by atoms with Crippen molar-refractivity contribution in [2.24, 2.45) is 0 Å². The molecular weight excluding hydrogens is 186 g/mol. The lowest BCUT2D eigenvalue weighted by Crippen LogP contribution is -2.14. The van der Waals surface area contributed by atoms with E-state index in [0.717, 1.165) is 0 Å². The van der Waals surface area contributed by atoms with Crippen molar-refractivity contribution in [3.05, 3.63) is 35.9 Å². The molecular formula is C11H12F2O. The topological polar surface area (TPSA) is 17.1 Å². The number of halogens is 2. The highest BCUT2D eigenvalue weighted by atomic mass is 19.1. The Morgan fingerprint density at radius 1 is 1.21 bits per heavy atom. The van der Waals surface area contributed by atoms with Crippen LogP contribution in [0.5, 0.6) is 0 Å². The Morgan fingerprint density at radius 2 is 1.86 bits per heavy atom. The highest BCUT2D eigenvalue weighted by molar-refractivity contribution is 5.85. The summed E-state index contributed by atoms with van der Waals surface area (Å²) in [5.74, 6) is -1.17. The molecule has 1 aromatic rings. The number of ketones is 1. The molecule has 0 saturated heterocycles. The van der Waals surface area contributed by atoms with Gasteiger partial charge in [0.05, 0.1) is 12.6 Å². The minimum Gasteiger partial charge on any atom is -0.299 e. The van der Waals surface area contributed by atoms with Crippen molar-refractivity contribution in [1.82, 2.24) is 0 Å². The van der Waals surface area contributed by atoms with Gasteiger partial charge in [-0.05, 0) is 5.56 Å². The Bertz CT molecular complexity index is 285. The van der Waals surface area contributed by atoms with Gasteiger partial charge in [-0.25, -0.2) is 4.39 Å². The lowest BCUT2D eigenvalue weighted by atomic mass is 9.95. The van der Waals surface area contributed by atoms with Gasteiger partial charge >= 0.3 is 0 Å². The highest BCUT2D eigenvalue weighted by Gasteiger charge is 2.19. The van der Waals surface area contributed by atoms with Crippen LogP contribution in [0, 0.1) is 0 Å². The maximum absolute atomic E-state index is 12.6. The Balaban J connectivity index is 2.77. The number of alkyl halides is 2. The van der Waals surface area contributed by atoms with Gasteiger partial charge in [0.15, 0.2) is 0 Å². The van der Waals surface area contributed by atoms with Gasteiger partial charge in [0.1, 0.15) is 12.5 Å². The van der Waals surface area contributed by atoms with Crippen molar-refractivity contribution in [2.75, 3.05) is 13.3 Å². The van der Waals surface area contributed by atoms with Gasteiger partial charge in [0.25, 0.3) is 0 Å². The van der Waals surface area contributed by atoms with E-state index >= 15 is 0 Å². The normalized spacial score (nSPS) is 12.4. The summed E-state index contributed by atoms with van der Waals surface area (Å²) < 4.78 is 24.5. The molecule has 0 radical (unpaired) electrons. The van der Waals surface area contributed by atoms with Crippen molar-refractivity contribution in [1.29, 1.82) is 0 Å². The predicted octanol–water partition coefficient (Wildman–Crippen LogP) is 2.67. The van der Waals surface area contributed by atoms with Gasteiger partial charge in [-0.15, -0.1) is 0 Å². The van der Waals surface area contributed by atoms with Gasteiger partial charge in [-0.1, -0.05) is 30.3 Å². The van der Waals surface area contributed by atoms with Crippen LogP contribution in [0.3, 0.4) is 0 Å². The molecule has 1 aromatic carbocycles. The molecule has 0 saturated carbocycles. The number of Topliss-reactive ketones (excluding diaryl/α,β-unsaturated/α-hetero) is 1. The molecule has 0 aliphatic carbocycles. The molecule has 0 spiro atoms. The lowest BCUT2D eigenvalue weighted by molar-refractivity contribution is -0.121. The molecule has 3 heteroatoms. The van der Waals surface area contributed by atoms with Crippen LogP contribution in [0.2, 0.25) is 0 Å². The fraction of sp³-hybridized carbons (Fsp3) is 0.364. The van der Waals surface area contributed by atoms with Gasteiger partial charge in [-0.3, -0.25) is 9.18 Å². The maximum atomic E-state index is 12.6. The minimum atomic E-state index is -0.799. The molecule has 0 aliphatic rings. The standard InChI is InChI=1S/C11H12F2O/c12-7-6-11(14)10(8-13)9-4-2-1-3-5-9/h1-5,10H,6-8H2. The molecule has 0 N–H and O–H groups in total. The second-order valence-corrected chi connectivity index (χ2v) is 3.02. The van der Waals surface area contributed by atoms with Crippen molar-refractivity contribution in [2.45, 2.75) is 12.3 Å². The summed E-state index contributed by atoms with van der Waals surface area (Å²) in [6, 6.07) is 8.63. The molecule has 0 fully saturated rings. The van der Waals surface area contributed by atoms with Crippen LogP contribution in [0.25, 0.3) is 0 Å². The zero-order valence-electron chi connectivity index (χ0n) is 7.75. The van der Waals surface area contributed by atoms with Gasteiger partial charge in [-0.2, -0.15) is 0 Å². The van der Waals surface area contributed by atoms with E-state index < -0.39 is 19.3 Å². The quantitative estimate of drug-likeness (QED) is 0.710. The molecule has 0 aromatic heterocycles. The molecule has 14 heavy (non-hydrogen) atoms. The number of carbonyl (C=O) groups is 1. The van der Waals surface area contributed by atoms with Crippen LogP contribution in [0.1, 0.15) is 17.9 Å². The molecule has 0 bridgehead atoms. The summed E-state index contributed by atoms with van der Waals surface area (Å²) in [5.41, 5.74) is 0.619. The van der Waals surface area contributed by atoms with Gasteiger partial charge in [0, 0.05) is 6.42 Å². The van der Waals surface area contributed by atoms with E-state index in [1.54, 1.807) is 30.3 Å². The summed E-state index contributed by atoms with van der Waals surface area (Å²) in [6.45, 7) is -1.48. The number of hydrogen-bond acceptors (Lipinski definition) is 1. The Morgan fingerprint density at radius 3 is 2.36 bits per heavy atom. The predicted molar refractivity (Wildman–Crippen MR) is 50.8 cm³/mol. The first kappa shape index (κ1) is 10.8. The highest BCUT2D eigenvalue weighted by Crippen LogP contribution is 2.18. The molecule has 1 unspecified atom stereocenters. The first-order chi connectivity index (χ1) is 6.79. The van der Waals surface area contributed by atoms with Crippen LogP contribution in [-0.2, 0) is 4.79 Å². The average Bonchev–Trinajstić information content (AvgIpc) is 2.21. The number of hydrogen-bond donors (Lipinski definition) is 0. The number of carbonyl (C=O) groups excluding carboxylic acids is 1. The Labute approximate surface area is 81.7 Å². The minimum absolute atomic E-state index is 0.205. The maximum Gasteiger partial charge on any atom is 0.145 e. The number of benzene rings is 1. The van der Waals surface area contributed by atoms with Gasteiger partial charge in [0.2, 0.25) is 0 Å². The van der Waals surface area contributed by atoms with E-state index in [4.69, 9.17) is 0 Å². The van der Waals surface area contributed by atoms with E-state index in [0.29, 0.717) is 5.56 Å². The summed E-state index contributed by atoms with van der Waals surface area (Å²) in [6.07, 6.45) is -0.205. The zero-order chi connectivity index (χ0) is 10.4. The molecule has 1 rings (SSSR count). The van der Waals surface area contributed by atoms with Crippen molar-refractivity contribution < 1.29 is 13.6 Å². The third-order valence-electron chi connectivity index (χ3n) is 2.09. The summed E-state index contributed by atoms with van der Waals surface area (Å²) in [7, 11) is 0. The van der Waals surface area contributed by atoms with Crippen molar-refractivity contribution >= 4 is 5.78 Å². The van der Waals surface area contributed by atoms with Crippen molar-refractivity contribution in [3.63, 3.8) is 0 Å². The molecule has 0 amide bonds. The van der Waals surface area contributed by atoms with Crippen molar-refractivity contribution in [3.8, 4) is 0 Å². The van der Waals surface area contributed by atoms with E-state index in [-0.39, 0.29) is 12.2 Å². The fourth-order valence-corrected chi connectivity index (χ4v) is 1.31. The Hall–Kier alpha value is -1.25. The monoisotopic (exact) mass is 198 g/mol. The summed E-state index contributed by atoms with van der Waals surface area (Å²) in [5, 5.41) is 0. The van der Waals surface area contributed by atoms with E-state index in [9.17, 15) is 13.6 Å². The second-order valence-electron chi connectivity index (χ2n) is 3.02. The van der Waals surface area contributed by atoms with E-state index in [1.807, 2.05) is 0 Å². The zero-order valence-corrected chi connectivity index (χ0v) is 7.75. The first-order valence-corrected chi connectivity index (χ1v) is 4.49. The SMILES string of the molecule is O=C(CCF)C(CF)c1ccccc1. The third kappa shape index (κ3) is 2.62. The first-order valence-electron chi connectivity index (χ1n) is 4.49. The largest absolute Gasteiger partial charge is 0.299 e. The summed E-state index contributed by atoms with van der Waals surface area (Å²) >= 11 is 0. The van der Waals surface area contributed by atoms with Gasteiger partial charge < -0.3 is 0 Å². The molecule has 76 valence electrons. The second kappa shape index (κ2) is 5.47. The molecule has 0 heterocycles. The Kier molecular flexibility index (Phi) is 4.23. The molecule has 0 aliphatic heterocycles. The number of rotatable bonds is 5. The smallest absolute Gasteiger partial charge is 0.145 e. The summed E-state index contributed by atoms with van der Waals surface area (Å²) in [4.78, 5) is 11.3. The molecule has 1 atom stereocenters. The van der Waals surface area contributed by atoms with Crippen LogP contribution >= 0.6 is 0 Å². The lowest BCUT2D eigenvalue weighted by Gasteiger charge is -2.10.